The summed E-state index contributed by atoms with van der Waals surface area (Å²) in [5.41, 5.74) is 0.808. The van der Waals surface area contributed by atoms with Crippen LogP contribution in [0, 0.1) is 0 Å². The number of methoxy groups -OCH3 is 2. The summed E-state index contributed by atoms with van der Waals surface area (Å²) in [6, 6.07) is 1.57. The second-order valence-electron chi connectivity index (χ2n) is 4.38. The van der Waals surface area contributed by atoms with Gasteiger partial charge in [0.2, 0.25) is 0 Å². The Kier molecular flexibility index (Phi) is 8.77. The second kappa shape index (κ2) is 10.6. The molecule has 1 aromatic rings. The highest BCUT2D eigenvalue weighted by Gasteiger charge is 2.32. The van der Waals surface area contributed by atoms with E-state index in [1.165, 1.54) is 26.7 Å². The van der Waals surface area contributed by atoms with Crippen molar-refractivity contribution in [3.63, 3.8) is 0 Å². The summed E-state index contributed by atoms with van der Waals surface area (Å²) in [7, 11) is 2.94. The van der Waals surface area contributed by atoms with Crippen LogP contribution in [0.5, 0.6) is 0 Å². The SMILES string of the molecule is CCOC(=O)C1=CC(OC)OC1OC.CCOC(=O)c1ccoc1. The van der Waals surface area contributed by atoms with E-state index in [1.807, 2.05) is 0 Å². The van der Waals surface area contributed by atoms with Crippen molar-refractivity contribution in [2.24, 2.45) is 0 Å². The molecule has 0 saturated heterocycles. The first-order valence-electron chi connectivity index (χ1n) is 7.36. The number of hydrogen-bond donors (Lipinski definition) is 0. The Morgan fingerprint density at radius 1 is 1.08 bits per heavy atom. The third-order valence-corrected chi connectivity index (χ3v) is 2.82. The van der Waals surface area contributed by atoms with Gasteiger partial charge in [0.1, 0.15) is 6.26 Å². The molecule has 2 heterocycles. The summed E-state index contributed by atoms with van der Waals surface area (Å²) in [4.78, 5) is 22.2. The van der Waals surface area contributed by atoms with Crippen LogP contribution in [0.3, 0.4) is 0 Å². The van der Waals surface area contributed by atoms with Crippen molar-refractivity contribution in [3.05, 3.63) is 35.8 Å². The minimum Gasteiger partial charge on any atom is -0.472 e. The molecule has 0 fully saturated rings. The lowest BCUT2D eigenvalue weighted by Crippen LogP contribution is -2.22. The molecule has 8 nitrogen and oxygen atoms in total. The van der Waals surface area contributed by atoms with Crippen molar-refractivity contribution < 1.29 is 37.7 Å². The molecule has 1 aliphatic heterocycles. The molecule has 2 rings (SSSR count). The van der Waals surface area contributed by atoms with Gasteiger partial charge in [0.05, 0.1) is 30.6 Å². The Hall–Kier alpha value is -2.16. The van der Waals surface area contributed by atoms with Crippen LogP contribution in [0.15, 0.2) is 34.7 Å². The van der Waals surface area contributed by atoms with Crippen molar-refractivity contribution in [1.29, 1.82) is 0 Å². The van der Waals surface area contributed by atoms with Crippen molar-refractivity contribution in [2.45, 2.75) is 26.4 Å². The molecule has 0 aromatic carbocycles. The van der Waals surface area contributed by atoms with Gasteiger partial charge in [0.25, 0.3) is 0 Å². The van der Waals surface area contributed by atoms with E-state index < -0.39 is 18.5 Å². The minimum atomic E-state index is -0.695. The molecule has 0 aliphatic carbocycles. The van der Waals surface area contributed by atoms with Crippen LogP contribution in [0.4, 0.5) is 0 Å². The fourth-order valence-corrected chi connectivity index (χ4v) is 1.74. The Balaban J connectivity index is 0.000000254. The van der Waals surface area contributed by atoms with E-state index in [1.54, 1.807) is 26.0 Å². The highest BCUT2D eigenvalue weighted by molar-refractivity contribution is 5.89. The zero-order valence-corrected chi connectivity index (χ0v) is 14.1. The quantitative estimate of drug-likeness (QED) is 0.724. The topological polar surface area (TPSA) is 93.4 Å². The van der Waals surface area contributed by atoms with Gasteiger partial charge in [-0.1, -0.05) is 0 Å². The number of carbonyl (C=O) groups excluding carboxylic acids is 2. The molecule has 0 spiro atoms. The highest BCUT2D eigenvalue weighted by Crippen LogP contribution is 2.21. The lowest BCUT2D eigenvalue weighted by Gasteiger charge is -2.13. The lowest BCUT2D eigenvalue weighted by atomic mass is 10.2. The molecule has 1 aromatic heterocycles. The highest BCUT2D eigenvalue weighted by atomic mass is 16.8. The summed E-state index contributed by atoms with van der Waals surface area (Å²) < 4.78 is 29.3. The first-order chi connectivity index (χ1) is 11.6. The predicted octanol–water partition coefficient (Wildman–Crippen LogP) is 1.91. The zero-order chi connectivity index (χ0) is 17.9. The maximum absolute atomic E-state index is 11.4. The van der Waals surface area contributed by atoms with Crippen LogP contribution in [0.2, 0.25) is 0 Å². The molecule has 1 aliphatic rings. The van der Waals surface area contributed by atoms with Crippen LogP contribution >= 0.6 is 0 Å². The van der Waals surface area contributed by atoms with E-state index in [2.05, 4.69) is 9.15 Å². The lowest BCUT2D eigenvalue weighted by molar-refractivity contribution is -0.180. The number of carbonyl (C=O) groups is 2. The van der Waals surface area contributed by atoms with E-state index >= 15 is 0 Å². The number of hydrogen-bond acceptors (Lipinski definition) is 8. The molecular weight excluding hydrogens is 320 g/mol. The molecular formula is C16H22O8. The largest absolute Gasteiger partial charge is 0.472 e. The number of esters is 2. The summed E-state index contributed by atoms with van der Waals surface area (Å²) >= 11 is 0. The average molecular weight is 342 g/mol. The van der Waals surface area contributed by atoms with E-state index in [0.717, 1.165) is 0 Å². The summed E-state index contributed by atoms with van der Waals surface area (Å²) in [5, 5.41) is 0. The molecule has 0 N–H and O–H groups in total. The van der Waals surface area contributed by atoms with Gasteiger partial charge < -0.3 is 28.1 Å². The van der Waals surface area contributed by atoms with Gasteiger partial charge in [-0.15, -0.1) is 0 Å². The van der Waals surface area contributed by atoms with E-state index in [9.17, 15) is 9.59 Å². The smallest absolute Gasteiger partial charge is 0.341 e. The minimum absolute atomic E-state index is 0.324. The summed E-state index contributed by atoms with van der Waals surface area (Å²) in [5.74, 6) is -0.768. The van der Waals surface area contributed by atoms with Gasteiger partial charge in [0, 0.05) is 14.2 Å². The second-order valence-corrected chi connectivity index (χ2v) is 4.38. The van der Waals surface area contributed by atoms with Crippen molar-refractivity contribution >= 4 is 11.9 Å². The first kappa shape index (κ1) is 19.9. The van der Waals surface area contributed by atoms with Gasteiger partial charge in [0.15, 0.2) is 12.6 Å². The third-order valence-electron chi connectivity index (χ3n) is 2.82. The van der Waals surface area contributed by atoms with E-state index in [-0.39, 0.29) is 5.97 Å². The fourth-order valence-electron chi connectivity index (χ4n) is 1.74. The number of furan rings is 1. The Morgan fingerprint density at radius 2 is 1.75 bits per heavy atom. The standard InChI is InChI=1S/C9H14O5.C7H8O3/c1-4-13-8(10)6-5-7(11-2)14-9(6)12-3;1-2-10-7(8)6-3-4-9-5-6/h5,7,9H,4H2,1-3H3;3-5H,2H2,1H3. The maximum Gasteiger partial charge on any atom is 0.341 e. The predicted molar refractivity (Wildman–Crippen MR) is 82.1 cm³/mol. The van der Waals surface area contributed by atoms with E-state index in [0.29, 0.717) is 24.4 Å². The molecule has 0 radical (unpaired) electrons. The number of rotatable bonds is 6. The van der Waals surface area contributed by atoms with Crippen molar-refractivity contribution in [2.75, 3.05) is 27.4 Å². The molecule has 0 bridgehead atoms. The monoisotopic (exact) mass is 342 g/mol. The van der Waals surface area contributed by atoms with Crippen molar-refractivity contribution in [3.8, 4) is 0 Å². The summed E-state index contributed by atoms with van der Waals surface area (Å²) in [6.07, 6.45) is 3.11. The van der Waals surface area contributed by atoms with Gasteiger partial charge in [-0.05, 0) is 26.0 Å². The van der Waals surface area contributed by atoms with Gasteiger partial charge >= 0.3 is 11.9 Å². The molecule has 2 unspecified atom stereocenters. The molecule has 24 heavy (non-hydrogen) atoms. The molecule has 2 atom stereocenters. The Labute approximate surface area is 140 Å². The molecule has 8 heteroatoms. The van der Waals surface area contributed by atoms with Crippen LogP contribution in [0.1, 0.15) is 24.2 Å². The zero-order valence-electron chi connectivity index (χ0n) is 14.1. The normalized spacial score (nSPS) is 19.1. The fraction of sp³-hybridized carbons (Fsp3) is 0.500. The van der Waals surface area contributed by atoms with Gasteiger partial charge in [-0.25, -0.2) is 9.59 Å². The van der Waals surface area contributed by atoms with Gasteiger partial charge in [-0.3, -0.25) is 0 Å². The van der Waals surface area contributed by atoms with Crippen molar-refractivity contribution in [1.82, 2.24) is 0 Å². The van der Waals surface area contributed by atoms with Crippen LogP contribution in [0.25, 0.3) is 0 Å². The third kappa shape index (κ3) is 5.80. The first-order valence-corrected chi connectivity index (χ1v) is 7.36. The summed E-state index contributed by atoms with van der Waals surface area (Å²) in [6.45, 7) is 4.22. The molecule has 0 saturated carbocycles. The Bertz CT molecular complexity index is 534. The van der Waals surface area contributed by atoms with Crippen LogP contribution in [-0.4, -0.2) is 52.0 Å². The number of ether oxygens (including phenoxy) is 5. The molecule has 134 valence electrons. The van der Waals surface area contributed by atoms with Crippen LogP contribution < -0.4 is 0 Å². The molecule has 0 amide bonds. The van der Waals surface area contributed by atoms with Gasteiger partial charge in [-0.2, -0.15) is 0 Å². The average Bonchev–Trinajstić information content (AvgIpc) is 3.25. The maximum atomic E-state index is 11.4. The Morgan fingerprint density at radius 3 is 2.25 bits per heavy atom. The van der Waals surface area contributed by atoms with E-state index in [4.69, 9.17) is 18.9 Å². The van der Waals surface area contributed by atoms with Crippen LogP contribution in [-0.2, 0) is 28.5 Å².